The van der Waals surface area contributed by atoms with Crippen molar-refractivity contribution in [1.82, 2.24) is 0 Å². The smallest absolute Gasteiger partial charge is 0.222 e. The summed E-state index contributed by atoms with van der Waals surface area (Å²) in [5, 5.41) is 5.40. The first-order valence-electron chi connectivity index (χ1n) is 4.71. The Bertz CT molecular complexity index is 153. The third kappa shape index (κ3) is 5.89. The van der Waals surface area contributed by atoms with E-state index in [0.717, 1.165) is 6.08 Å². The summed E-state index contributed by atoms with van der Waals surface area (Å²) < 4.78 is 0. The molecule has 1 aliphatic rings. The molecule has 0 heterocycles. The van der Waals surface area contributed by atoms with Crippen LogP contribution in [-0.4, -0.2) is 18.1 Å². The van der Waals surface area contributed by atoms with Gasteiger partial charge in [0, 0.05) is 0 Å². The van der Waals surface area contributed by atoms with Crippen LogP contribution in [0, 0.1) is 10.8 Å². The highest BCUT2D eigenvalue weighted by Crippen LogP contribution is 2.37. The molecule has 1 N–H and O–H groups in total. The molecule has 0 aromatic heterocycles. The number of thioether (sulfide) groups is 1. The van der Waals surface area contributed by atoms with E-state index in [1.165, 1.54) is 37.9 Å². The summed E-state index contributed by atoms with van der Waals surface area (Å²) in [6.07, 6.45) is 10.3. The van der Waals surface area contributed by atoms with E-state index in [4.69, 9.17) is 10.2 Å². The molecular formula is C10H19NOS. The molecule has 0 aromatic rings. The van der Waals surface area contributed by atoms with Crippen LogP contribution in [0.25, 0.3) is 0 Å². The third-order valence-electron chi connectivity index (χ3n) is 2.55. The highest BCUT2D eigenvalue weighted by molar-refractivity contribution is 7.98. The van der Waals surface area contributed by atoms with Gasteiger partial charge in [-0.1, -0.05) is 26.2 Å². The number of hydrogen-bond donors (Lipinski definition) is 1. The molecule has 1 rings (SSSR count). The zero-order valence-corrected chi connectivity index (χ0v) is 9.38. The summed E-state index contributed by atoms with van der Waals surface area (Å²) >= 11 is 2.01. The highest BCUT2D eigenvalue weighted by Gasteiger charge is 2.25. The maximum absolute atomic E-state index is 8.35. The average molecular weight is 201 g/mol. The molecule has 0 aromatic carbocycles. The summed E-state index contributed by atoms with van der Waals surface area (Å²) in [5.41, 5.74) is 0.692. The Morgan fingerprint density at radius 2 is 1.85 bits per heavy atom. The van der Waals surface area contributed by atoms with E-state index in [2.05, 4.69) is 13.2 Å². The Morgan fingerprint density at radius 3 is 2.23 bits per heavy atom. The van der Waals surface area contributed by atoms with E-state index < -0.39 is 0 Å². The summed E-state index contributed by atoms with van der Waals surface area (Å²) in [6, 6.07) is 0. The van der Waals surface area contributed by atoms with Crippen LogP contribution in [0.5, 0.6) is 0 Å². The normalized spacial score (nSPS) is 19.5. The fourth-order valence-corrected chi connectivity index (χ4v) is 2.88. The summed E-state index contributed by atoms with van der Waals surface area (Å²) in [6.45, 7) is 2.45. The minimum absolute atomic E-state index is 0.692. The number of rotatable bonds is 2. The van der Waals surface area contributed by atoms with E-state index in [1.54, 1.807) is 0 Å². The number of carbonyl (C=O) groups excluding carboxylic acids is 1. The molecule has 0 spiro atoms. The van der Waals surface area contributed by atoms with Crippen molar-refractivity contribution in [2.45, 2.75) is 39.0 Å². The molecule has 0 bridgehead atoms. The van der Waals surface area contributed by atoms with Gasteiger partial charge in [0.15, 0.2) is 0 Å². The topological polar surface area (TPSA) is 40.9 Å². The molecule has 0 aliphatic heterocycles. The molecular weight excluding hydrogens is 182 g/mol. The van der Waals surface area contributed by atoms with Gasteiger partial charge in [-0.3, -0.25) is 0 Å². The second-order valence-corrected chi connectivity index (χ2v) is 4.77. The first-order chi connectivity index (χ1) is 6.18. The molecule has 0 amide bonds. The minimum Gasteiger partial charge on any atom is -0.222 e. The molecule has 0 radical (unpaired) electrons. The Kier molecular flexibility index (Phi) is 7.02. The lowest BCUT2D eigenvalue weighted by molar-refractivity contribution is 0.251. The van der Waals surface area contributed by atoms with Gasteiger partial charge in [0.25, 0.3) is 0 Å². The molecule has 1 aliphatic carbocycles. The van der Waals surface area contributed by atoms with E-state index in [1.807, 2.05) is 11.8 Å². The maximum Gasteiger partial charge on any atom is 0.231 e. The molecule has 13 heavy (non-hydrogen) atoms. The van der Waals surface area contributed by atoms with Crippen LogP contribution in [-0.2, 0) is 4.79 Å². The van der Waals surface area contributed by atoms with Gasteiger partial charge in [-0.05, 0) is 30.3 Å². The van der Waals surface area contributed by atoms with Crippen LogP contribution >= 0.6 is 11.8 Å². The standard InChI is InChI=1S/C9H18S.CHNO/c1-9(8-10-2)6-4-3-5-7-9;2-1-3/h3-8H2,1-2H3;2H. The fraction of sp³-hybridized carbons (Fsp3) is 0.900. The van der Waals surface area contributed by atoms with Gasteiger partial charge >= 0.3 is 0 Å². The zero-order valence-electron chi connectivity index (χ0n) is 8.56. The van der Waals surface area contributed by atoms with Gasteiger partial charge in [0.1, 0.15) is 0 Å². The largest absolute Gasteiger partial charge is 0.231 e. The van der Waals surface area contributed by atoms with E-state index in [0.29, 0.717) is 5.41 Å². The Labute approximate surface area is 85.0 Å². The Morgan fingerprint density at radius 1 is 1.38 bits per heavy atom. The van der Waals surface area contributed by atoms with Gasteiger partial charge in [0.2, 0.25) is 6.08 Å². The molecule has 1 fully saturated rings. The van der Waals surface area contributed by atoms with Crippen molar-refractivity contribution in [3.8, 4) is 0 Å². The van der Waals surface area contributed by atoms with Crippen LogP contribution in [0.2, 0.25) is 0 Å². The number of hydrogen-bond acceptors (Lipinski definition) is 3. The molecule has 2 nitrogen and oxygen atoms in total. The summed E-state index contributed by atoms with van der Waals surface area (Å²) in [4.78, 5) is 8.35. The minimum atomic E-state index is 0.692. The Hall–Kier alpha value is -0.270. The van der Waals surface area contributed by atoms with Crippen LogP contribution in [0.4, 0.5) is 0 Å². The van der Waals surface area contributed by atoms with Crippen molar-refractivity contribution in [3.63, 3.8) is 0 Å². The Balaban J connectivity index is 0.000000424. The first kappa shape index (κ1) is 12.7. The lowest BCUT2D eigenvalue weighted by atomic mass is 9.77. The predicted molar refractivity (Wildman–Crippen MR) is 58.0 cm³/mol. The van der Waals surface area contributed by atoms with Gasteiger partial charge < -0.3 is 0 Å². The van der Waals surface area contributed by atoms with Gasteiger partial charge in [-0.25, -0.2) is 10.2 Å². The van der Waals surface area contributed by atoms with Crippen molar-refractivity contribution in [2.24, 2.45) is 5.41 Å². The van der Waals surface area contributed by atoms with Crippen LogP contribution in [0.3, 0.4) is 0 Å². The average Bonchev–Trinajstić information content (AvgIpc) is 2.06. The van der Waals surface area contributed by atoms with Gasteiger partial charge in [-0.2, -0.15) is 11.8 Å². The van der Waals surface area contributed by atoms with E-state index in [9.17, 15) is 0 Å². The molecule has 1 saturated carbocycles. The molecule has 0 atom stereocenters. The molecule has 0 unspecified atom stereocenters. The second kappa shape index (κ2) is 7.16. The van der Waals surface area contributed by atoms with Crippen molar-refractivity contribution in [2.75, 3.05) is 12.0 Å². The molecule has 0 saturated heterocycles. The van der Waals surface area contributed by atoms with Crippen LogP contribution in [0.15, 0.2) is 0 Å². The van der Waals surface area contributed by atoms with Crippen molar-refractivity contribution >= 4 is 17.8 Å². The number of nitrogens with one attached hydrogen (secondary N) is 1. The van der Waals surface area contributed by atoms with Gasteiger partial charge in [0.05, 0.1) is 0 Å². The van der Waals surface area contributed by atoms with Crippen molar-refractivity contribution in [1.29, 1.82) is 5.41 Å². The van der Waals surface area contributed by atoms with Gasteiger partial charge in [-0.15, -0.1) is 0 Å². The van der Waals surface area contributed by atoms with Crippen LogP contribution in [0.1, 0.15) is 39.0 Å². The summed E-state index contributed by atoms with van der Waals surface area (Å²) in [5.74, 6) is 1.37. The SMILES string of the molecule is CSCC1(C)CCCCC1.N=C=O. The molecule has 76 valence electrons. The monoisotopic (exact) mass is 201 g/mol. The van der Waals surface area contributed by atoms with E-state index in [-0.39, 0.29) is 0 Å². The summed E-state index contributed by atoms with van der Waals surface area (Å²) in [7, 11) is 0. The predicted octanol–water partition coefficient (Wildman–Crippen LogP) is 3.22. The first-order valence-corrected chi connectivity index (χ1v) is 6.11. The lowest BCUT2D eigenvalue weighted by Gasteiger charge is -2.32. The van der Waals surface area contributed by atoms with E-state index >= 15 is 0 Å². The second-order valence-electron chi connectivity index (χ2n) is 3.91. The lowest BCUT2D eigenvalue weighted by Crippen LogP contribution is -2.22. The zero-order chi connectivity index (χ0) is 10.2. The molecule has 3 heteroatoms. The fourth-order valence-electron chi connectivity index (χ4n) is 1.90. The highest BCUT2D eigenvalue weighted by atomic mass is 32.2. The maximum atomic E-state index is 8.35. The third-order valence-corrected chi connectivity index (χ3v) is 3.54. The number of isocyanates is 1. The van der Waals surface area contributed by atoms with Crippen molar-refractivity contribution < 1.29 is 4.79 Å². The quantitative estimate of drug-likeness (QED) is 0.550. The van der Waals surface area contributed by atoms with Crippen molar-refractivity contribution in [3.05, 3.63) is 0 Å². The van der Waals surface area contributed by atoms with Crippen LogP contribution < -0.4 is 0 Å².